The zero-order valence-electron chi connectivity index (χ0n) is 18.4. The van der Waals surface area contributed by atoms with Crippen LogP contribution >= 0.6 is 0 Å². The van der Waals surface area contributed by atoms with Crippen molar-refractivity contribution in [2.24, 2.45) is 11.8 Å². The van der Waals surface area contributed by atoms with Crippen molar-refractivity contribution in [3.8, 4) is 0 Å². The SMILES string of the molecule is CCOC(=O)/C(C)=C/C(=C/C(C)CC(C)/C=C(C)/C=C/c1ccccc1)CC. The first-order valence-electron chi connectivity index (χ1n) is 10.3. The summed E-state index contributed by atoms with van der Waals surface area (Å²) in [5.74, 6) is 0.699. The van der Waals surface area contributed by atoms with Crippen molar-refractivity contribution in [1.29, 1.82) is 0 Å². The summed E-state index contributed by atoms with van der Waals surface area (Å²) in [5, 5.41) is 0. The van der Waals surface area contributed by atoms with E-state index in [1.807, 2.05) is 26.0 Å². The second kappa shape index (κ2) is 12.9. The Morgan fingerprint density at radius 1 is 1.04 bits per heavy atom. The highest BCUT2D eigenvalue weighted by Gasteiger charge is 2.08. The van der Waals surface area contributed by atoms with Crippen molar-refractivity contribution in [1.82, 2.24) is 0 Å². The minimum atomic E-state index is -0.230. The Morgan fingerprint density at radius 3 is 2.29 bits per heavy atom. The zero-order valence-corrected chi connectivity index (χ0v) is 18.4. The number of carbonyl (C=O) groups excluding carboxylic acids is 1. The molecule has 1 aromatic carbocycles. The molecule has 0 saturated carbocycles. The van der Waals surface area contributed by atoms with Gasteiger partial charge in [-0.25, -0.2) is 4.79 Å². The minimum Gasteiger partial charge on any atom is -0.463 e. The molecule has 0 bridgehead atoms. The van der Waals surface area contributed by atoms with Gasteiger partial charge < -0.3 is 4.74 Å². The Morgan fingerprint density at radius 2 is 1.68 bits per heavy atom. The van der Waals surface area contributed by atoms with E-state index in [4.69, 9.17) is 4.74 Å². The summed E-state index contributed by atoms with van der Waals surface area (Å²) in [6.45, 7) is 12.8. The first kappa shape index (κ1) is 23.7. The van der Waals surface area contributed by atoms with Gasteiger partial charge >= 0.3 is 5.97 Å². The van der Waals surface area contributed by atoms with Crippen LogP contribution in [0.2, 0.25) is 0 Å². The quantitative estimate of drug-likeness (QED) is 0.245. The van der Waals surface area contributed by atoms with Crippen LogP contribution in [0.1, 0.15) is 59.9 Å². The average molecular weight is 381 g/mol. The first-order valence-corrected chi connectivity index (χ1v) is 10.3. The van der Waals surface area contributed by atoms with E-state index in [-0.39, 0.29) is 5.97 Å². The predicted octanol–water partition coefficient (Wildman–Crippen LogP) is 7.15. The molecule has 0 heterocycles. The highest BCUT2D eigenvalue weighted by molar-refractivity contribution is 5.88. The van der Waals surface area contributed by atoms with Crippen molar-refractivity contribution in [2.45, 2.75) is 54.4 Å². The van der Waals surface area contributed by atoms with Crippen molar-refractivity contribution in [3.63, 3.8) is 0 Å². The number of ether oxygens (including phenoxy) is 1. The molecule has 0 spiro atoms. The second-order valence-electron chi connectivity index (χ2n) is 7.49. The van der Waals surface area contributed by atoms with E-state index in [9.17, 15) is 4.79 Å². The molecule has 0 saturated heterocycles. The van der Waals surface area contributed by atoms with E-state index in [0.717, 1.165) is 12.8 Å². The largest absolute Gasteiger partial charge is 0.463 e. The molecular formula is C26H36O2. The molecule has 0 aliphatic rings. The predicted molar refractivity (Wildman–Crippen MR) is 121 cm³/mol. The van der Waals surface area contributed by atoms with Crippen LogP contribution in [0.25, 0.3) is 6.08 Å². The number of allylic oxidation sites excluding steroid dienone is 6. The molecule has 1 aromatic rings. The van der Waals surface area contributed by atoms with Crippen LogP contribution in [0.15, 0.2) is 71.4 Å². The number of benzene rings is 1. The molecule has 0 radical (unpaired) electrons. The summed E-state index contributed by atoms with van der Waals surface area (Å²) in [5.41, 5.74) is 4.35. The Bertz CT molecular complexity index is 720. The third-order valence-electron chi connectivity index (χ3n) is 4.54. The molecule has 2 unspecified atom stereocenters. The van der Waals surface area contributed by atoms with Crippen LogP contribution < -0.4 is 0 Å². The fraction of sp³-hybridized carbons (Fsp3) is 0.423. The van der Waals surface area contributed by atoms with E-state index in [1.165, 1.54) is 16.7 Å². The molecule has 2 heteroatoms. The maximum Gasteiger partial charge on any atom is 0.333 e. The van der Waals surface area contributed by atoms with Crippen LogP contribution in [-0.2, 0) is 9.53 Å². The van der Waals surface area contributed by atoms with Crippen LogP contribution in [0.5, 0.6) is 0 Å². The third-order valence-corrected chi connectivity index (χ3v) is 4.54. The molecule has 0 fully saturated rings. The van der Waals surface area contributed by atoms with Gasteiger partial charge in [0.1, 0.15) is 0 Å². The van der Waals surface area contributed by atoms with Gasteiger partial charge in [0.05, 0.1) is 6.61 Å². The molecule has 2 nitrogen and oxygen atoms in total. The van der Waals surface area contributed by atoms with Gasteiger partial charge in [0.15, 0.2) is 0 Å². The second-order valence-corrected chi connectivity index (χ2v) is 7.49. The molecule has 1 rings (SSSR count). The van der Waals surface area contributed by atoms with E-state index >= 15 is 0 Å². The van der Waals surface area contributed by atoms with Gasteiger partial charge in [-0.3, -0.25) is 0 Å². The van der Waals surface area contributed by atoms with Crippen LogP contribution in [0.3, 0.4) is 0 Å². The van der Waals surface area contributed by atoms with Crippen LogP contribution in [-0.4, -0.2) is 12.6 Å². The topological polar surface area (TPSA) is 26.3 Å². The highest BCUT2D eigenvalue weighted by atomic mass is 16.5. The molecule has 28 heavy (non-hydrogen) atoms. The van der Waals surface area contributed by atoms with Gasteiger partial charge in [-0.1, -0.05) is 86.6 Å². The van der Waals surface area contributed by atoms with E-state index < -0.39 is 0 Å². The van der Waals surface area contributed by atoms with E-state index in [1.54, 1.807) is 0 Å². The van der Waals surface area contributed by atoms with E-state index in [2.05, 4.69) is 76.3 Å². The summed E-state index contributed by atoms with van der Waals surface area (Å²) < 4.78 is 5.07. The fourth-order valence-electron chi connectivity index (χ4n) is 3.23. The number of esters is 1. The standard InChI is InChI=1S/C26H36O2/c1-7-24(19-23(6)26(27)28-8-2)18-22(5)17-21(4)16-20(3)14-15-25-12-10-9-11-13-25/h9-16,18-19,21-22H,7-8,17H2,1-6H3/b15-14+,20-16+,23-19+,24-18+. The summed E-state index contributed by atoms with van der Waals surface area (Å²) in [6, 6.07) is 10.4. The van der Waals surface area contributed by atoms with Crippen molar-refractivity contribution < 1.29 is 9.53 Å². The number of carbonyl (C=O) groups is 1. The van der Waals surface area contributed by atoms with Gasteiger partial charge in [-0.2, -0.15) is 0 Å². The lowest BCUT2D eigenvalue weighted by atomic mass is 9.93. The molecule has 0 aromatic heterocycles. The average Bonchev–Trinajstić information content (AvgIpc) is 2.66. The molecule has 0 aliphatic heterocycles. The Balaban J connectivity index is 2.69. The van der Waals surface area contributed by atoms with Gasteiger partial charge in [-0.05, 0) is 57.1 Å². The van der Waals surface area contributed by atoms with Gasteiger partial charge in [0.25, 0.3) is 0 Å². The first-order chi connectivity index (χ1) is 13.3. The van der Waals surface area contributed by atoms with Gasteiger partial charge in [0.2, 0.25) is 0 Å². The molecule has 0 amide bonds. The fourth-order valence-corrected chi connectivity index (χ4v) is 3.23. The molecule has 2 atom stereocenters. The summed E-state index contributed by atoms with van der Waals surface area (Å²) >= 11 is 0. The zero-order chi connectivity index (χ0) is 20.9. The van der Waals surface area contributed by atoms with E-state index in [0.29, 0.717) is 24.0 Å². The highest BCUT2D eigenvalue weighted by Crippen LogP contribution is 2.20. The summed E-state index contributed by atoms with van der Waals surface area (Å²) in [6.07, 6.45) is 12.9. The Hall–Kier alpha value is -2.35. The van der Waals surface area contributed by atoms with Crippen LogP contribution in [0.4, 0.5) is 0 Å². The van der Waals surface area contributed by atoms with Crippen molar-refractivity contribution in [2.75, 3.05) is 6.61 Å². The lowest BCUT2D eigenvalue weighted by Crippen LogP contribution is -2.05. The Labute approximate surface area is 171 Å². The molecule has 0 N–H and O–H groups in total. The summed E-state index contributed by atoms with van der Waals surface area (Å²) in [4.78, 5) is 11.8. The van der Waals surface area contributed by atoms with Gasteiger partial charge in [0, 0.05) is 5.57 Å². The number of rotatable bonds is 10. The third kappa shape index (κ3) is 9.55. The van der Waals surface area contributed by atoms with Crippen molar-refractivity contribution in [3.05, 3.63) is 76.9 Å². The van der Waals surface area contributed by atoms with Gasteiger partial charge in [-0.15, -0.1) is 0 Å². The lowest BCUT2D eigenvalue weighted by molar-refractivity contribution is -0.138. The smallest absolute Gasteiger partial charge is 0.333 e. The maximum absolute atomic E-state index is 11.8. The minimum absolute atomic E-state index is 0.230. The van der Waals surface area contributed by atoms with Crippen LogP contribution in [0, 0.1) is 11.8 Å². The number of hydrogen-bond acceptors (Lipinski definition) is 2. The lowest BCUT2D eigenvalue weighted by Gasteiger charge is -2.13. The maximum atomic E-state index is 11.8. The number of hydrogen-bond donors (Lipinski definition) is 0. The van der Waals surface area contributed by atoms with Crippen molar-refractivity contribution >= 4 is 12.0 Å². The Kier molecular flexibility index (Phi) is 10.9. The summed E-state index contributed by atoms with van der Waals surface area (Å²) in [7, 11) is 0. The molecule has 152 valence electrons. The monoisotopic (exact) mass is 380 g/mol. The molecular weight excluding hydrogens is 344 g/mol. The normalized spacial score (nSPS) is 15.6. The molecule has 0 aliphatic carbocycles.